The van der Waals surface area contributed by atoms with Gasteiger partial charge in [0.1, 0.15) is 0 Å². The number of hydrogen-bond donors (Lipinski definition) is 0. The molecule has 1 heterocycles. The number of rotatable bonds is 1. The van der Waals surface area contributed by atoms with E-state index < -0.39 is 0 Å². The number of amides is 2. The van der Waals surface area contributed by atoms with E-state index in [0.717, 1.165) is 4.90 Å². The third-order valence-electron chi connectivity index (χ3n) is 2.13. The van der Waals surface area contributed by atoms with Crippen LogP contribution in [0.25, 0.3) is 0 Å². The maximum atomic E-state index is 11.2. The highest BCUT2D eigenvalue weighted by Gasteiger charge is 2.40. The average molecular weight is 153 g/mol. The lowest BCUT2D eigenvalue weighted by Gasteiger charge is -2.03. The van der Waals surface area contributed by atoms with Gasteiger partial charge in [0, 0.05) is 7.05 Å². The Hall–Kier alpha value is -1.12. The summed E-state index contributed by atoms with van der Waals surface area (Å²) in [6, 6.07) is 0. The summed E-state index contributed by atoms with van der Waals surface area (Å²) in [5.41, 5.74) is 0. The topological polar surface area (TPSA) is 37.4 Å². The Balaban J connectivity index is 2.94. The van der Waals surface area contributed by atoms with E-state index in [2.05, 4.69) is 6.58 Å². The molecule has 1 saturated heterocycles. The first-order valence-corrected chi connectivity index (χ1v) is 3.53. The van der Waals surface area contributed by atoms with Crippen molar-refractivity contribution < 1.29 is 9.59 Å². The minimum absolute atomic E-state index is 0.111. The highest BCUT2D eigenvalue weighted by molar-refractivity contribution is 6.05. The van der Waals surface area contributed by atoms with E-state index in [0.29, 0.717) is 0 Å². The van der Waals surface area contributed by atoms with Crippen molar-refractivity contribution in [1.29, 1.82) is 0 Å². The zero-order valence-corrected chi connectivity index (χ0v) is 6.70. The Morgan fingerprint density at radius 3 is 2.18 bits per heavy atom. The van der Waals surface area contributed by atoms with Crippen LogP contribution >= 0.6 is 0 Å². The Bertz CT molecular complexity index is 222. The molecule has 0 aromatic rings. The molecule has 1 aliphatic rings. The van der Waals surface area contributed by atoms with Crippen LogP contribution < -0.4 is 0 Å². The van der Waals surface area contributed by atoms with E-state index in [1.807, 2.05) is 0 Å². The molecule has 3 heteroatoms. The molecular formula is C8H11NO2. The smallest absolute Gasteiger partial charge is 0.236 e. The fraction of sp³-hybridized carbons (Fsp3) is 0.500. The van der Waals surface area contributed by atoms with E-state index in [4.69, 9.17) is 0 Å². The Morgan fingerprint density at radius 1 is 1.45 bits per heavy atom. The van der Waals surface area contributed by atoms with Crippen molar-refractivity contribution in [1.82, 2.24) is 4.90 Å². The highest BCUT2D eigenvalue weighted by Crippen LogP contribution is 2.24. The second-order valence-electron chi connectivity index (χ2n) is 2.79. The van der Waals surface area contributed by atoms with Gasteiger partial charge >= 0.3 is 0 Å². The van der Waals surface area contributed by atoms with Gasteiger partial charge in [0.05, 0.1) is 11.8 Å². The number of carbonyl (C=O) groups is 2. The monoisotopic (exact) mass is 153 g/mol. The fourth-order valence-electron chi connectivity index (χ4n) is 1.31. The molecule has 0 radical (unpaired) electrons. The van der Waals surface area contributed by atoms with Crippen LogP contribution in [0.15, 0.2) is 12.7 Å². The second-order valence-corrected chi connectivity index (χ2v) is 2.79. The zero-order chi connectivity index (χ0) is 8.59. The lowest BCUT2D eigenvalue weighted by molar-refractivity contribution is -0.137. The summed E-state index contributed by atoms with van der Waals surface area (Å²) in [5.74, 6) is -0.796. The number of hydrogen-bond acceptors (Lipinski definition) is 2. The molecular weight excluding hydrogens is 142 g/mol. The van der Waals surface area contributed by atoms with Gasteiger partial charge in [0.15, 0.2) is 0 Å². The molecule has 3 nitrogen and oxygen atoms in total. The average Bonchev–Trinajstić information content (AvgIpc) is 2.17. The van der Waals surface area contributed by atoms with Crippen LogP contribution in [0.5, 0.6) is 0 Å². The fourth-order valence-corrected chi connectivity index (χ4v) is 1.31. The third-order valence-corrected chi connectivity index (χ3v) is 2.13. The molecule has 0 aliphatic carbocycles. The molecule has 0 saturated carbocycles. The number of likely N-dealkylation sites (tertiary alicyclic amines) is 1. The molecule has 2 atom stereocenters. The maximum absolute atomic E-state index is 11.2. The predicted octanol–water partition coefficient (Wildman–Crippen LogP) is 0.423. The number of imide groups is 1. The van der Waals surface area contributed by atoms with E-state index in [1.165, 1.54) is 13.1 Å². The van der Waals surface area contributed by atoms with Crippen LogP contribution in [0.1, 0.15) is 6.92 Å². The van der Waals surface area contributed by atoms with Gasteiger partial charge in [0.25, 0.3) is 0 Å². The first kappa shape index (κ1) is 7.98. The van der Waals surface area contributed by atoms with Crippen molar-refractivity contribution in [2.45, 2.75) is 6.92 Å². The standard InChI is InChI=1S/C8H11NO2/c1-4-6-5(2)7(10)9(3)8(6)11/h4-6H,1H2,2-3H3/t5-,6?/m1/s1. The van der Waals surface area contributed by atoms with Gasteiger partial charge in [-0.15, -0.1) is 6.58 Å². The summed E-state index contributed by atoms with van der Waals surface area (Å²) in [6.45, 7) is 5.26. The van der Waals surface area contributed by atoms with Gasteiger partial charge in [0.2, 0.25) is 11.8 Å². The summed E-state index contributed by atoms with van der Waals surface area (Å²) in [5, 5.41) is 0. The van der Waals surface area contributed by atoms with Crippen LogP contribution in [0.3, 0.4) is 0 Å². The van der Waals surface area contributed by atoms with Gasteiger partial charge in [-0.2, -0.15) is 0 Å². The SMILES string of the molecule is C=CC1C(=O)N(C)C(=O)[C@@H]1C. The molecule has 11 heavy (non-hydrogen) atoms. The third kappa shape index (κ3) is 0.964. The van der Waals surface area contributed by atoms with Crippen LogP contribution in [-0.2, 0) is 9.59 Å². The van der Waals surface area contributed by atoms with E-state index in [-0.39, 0.29) is 23.7 Å². The molecule has 0 bridgehead atoms. The minimum Gasteiger partial charge on any atom is -0.285 e. The largest absolute Gasteiger partial charge is 0.285 e. The number of carbonyl (C=O) groups excluding carboxylic acids is 2. The molecule has 0 N–H and O–H groups in total. The van der Waals surface area contributed by atoms with Crippen molar-refractivity contribution >= 4 is 11.8 Å². The lowest BCUT2D eigenvalue weighted by atomic mass is 9.98. The Kier molecular flexibility index (Phi) is 1.81. The van der Waals surface area contributed by atoms with Crippen molar-refractivity contribution in [2.75, 3.05) is 7.05 Å². The quantitative estimate of drug-likeness (QED) is 0.404. The maximum Gasteiger partial charge on any atom is 0.236 e. The van der Waals surface area contributed by atoms with Crippen molar-refractivity contribution in [2.24, 2.45) is 11.8 Å². The first-order valence-electron chi connectivity index (χ1n) is 3.53. The van der Waals surface area contributed by atoms with Crippen molar-refractivity contribution in [3.63, 3.8) is 0 Å². The molecule has 1 unspecified atom stereocenters. The normalized spacial score (nSPS) is 31.3. The Morgan fingerprint density at radius 2 is 2.00 bits per heavy atom. The number of nitrogens with zero attached hydrogens (tertiary/aromatic N) is 1. The summed E-state index contributed by atoms with van der Waals surface area (Å²) in [6.07, 6.45) is 1.54. The van der Waals surface area contributed by atoms with Crippen LogP contribution in [0.4, 0.5) is 0 Å². The zero-order valence-electron chi connectivity index (χ0n) is 6.70. The lowest BCUT2D eigenvalue weighted by Crippen LogP contribution is -2.25. The van der Waals surface area contributed by atoms with Crippen LogP contribution in [0.2, 0.25) is 0 Å². The Labute approximate surface area is 65.7 Å². The van der Waals surface area contributed by atoms with Gasteiger partial charge in [-0.25, -0.2) is 0 Å². The summed E-state index contributed by atoms with van der Waals surface area (Å²) < 4.78 is 0. The van der Waals surface area contributed by atoms with Gasteiger partial charge in [-0.1, -0.05) is 13.0 Å². The summed E-state index contributed by atoms with van der Waals surface area (Å²) in [7, 11) is 1.50. The molecule has 1 aliphatic heterocycles. The van der Waals surface area contributed by atoms with E-state index in [9.17, 15) is 9.59 Å². The van der Waals surface area contributed by atoms with Gasteiger partial charge in [-0.3, -0.25) is 14.5 Å². The van der Waals surface area contributed by atoms with E-state index >= 15 is 0 Å². The molecule has 1 rings (SSSR count). The molecule has 0 aromatic heterocycles. The minimum atomic E-state index is -0.313. The summed E-state index contributed by atoms with van der Waals surface area (Å²) in [4.78, 5) is 23.5. The van der Waals surface area contributed by atoms with Crippen LogP contribution in [-0.4, -0.2) is 23.8 Å². The molecule has 60 valence electrons. The molecule has 2 amide bonds. The summed E-state index contributed by atoms with van der Waals surface area (Å²) >= 11 is 0. The van der Waals surface area contributed by atoms with E-state index in [1.54, 1.807) is 6.92 Å². The van der Waals surface area contributed by atoms with Gasteiger partial charge < -0.3 is 0 Å². The molecule has 0 spiro atoms. The van der Waals surface area contributed by atoms with Gasteiger partial charge in [-0.05, 0) is 0 Å². The second kappa shape index (κ2) is 2.49. The molecule has 0 aromatic carbocycles. The van der Waals surface area contributed by atoms with Crippen molar-refractivity contribution in [3.05, 3.63) is 12.7 Å². The first-order chi connectivity index (χ1) is 5.09. The molecule has 1 fully saturated rings. The van der Waals surface area contributed by atoms with Crippen LogP contribution in [0, 0.1) is 11.8 Å². The predicted molar refractivity (Wildman–Crippen MR) is 40.6 cm³/mol. The van der Waals surface area contributed by atoms with Crippen molar-refractivity contribution in [3.8, 4) is 0 Å². The highest BCUT2D eigenvalue weighted by atomic mass is 16.2.